The van der Waals surface area contributed by atoms with E-state index in [0.717, 1.165) is 69.6 Å². The van der Waals surface area contributed by atoms with E-state index in [2.05, 4.69) is 34.6 Å². The first kappa shape index (κ1) is 65.4. The molecule has 0 radical (unpaired) electrons. The molecule has 0 N–H and O–H groups in total. The molecule has 0 bridgehead atoms. The monoisotopic (exact) mass is 947 g/mol. The quantitative estimate of drug-likeness (QED) is 0.0343. The lowest BCUT2D eigenvalue weighted by atomic mass is 9.99. The van der Waals surface area contributed by atoms with E-state index in [0.29, 0.717) is 19.3 Å². The van der Waals surface area contributed by atoms with Crippen LogP contribution in [0.15, 0.2) is 0 Å². The normalized spacial score (nSPS) is 12.4. The van der Waals surface area contributed by atoms with E-state index in [9.17, 15) is 14.4 Å². The minimum atomic E-state index is -0.762. The molecule has 0 aromatic heterocycles. The van der Waals surface area contributed by atoms with Gasteiger partial charge in [0, 0.05) is 19.3 Å². The van der Waals surface area contributed by atoms with Crippen molar-refractivity contribution in [3.63, 3.8) is 0 Å². The Morgan fingerprint density at radius 3 is 0.851 bits per heavy atom. The van der Waals surface area contributed by atoms with Gasteiger partial charge < -0.3 is 14.2 Å². The van der Waals surface area contributed by atoms with Crippen LogP contribution in [0.25, 0.3) is 0 Å². The zero-order valence-corrected chi connectivity index (χ0v) is 46.0. The summed E-state index contributed by atoms with van der Waals surface area (Å²) in [5.41, 5.74) is 0. The standard InChI is InChI=1S/C61H118O6/c1-6-8-9-10-11-12-31-36-41-46-51-59(62)65-54-58(67-61(64)53-48-43-38-33-28-24-20-19-21-25-29-34-39-44-49-56(3)4)55-66-60(63)52-47-42-37-32-27-23-18-16-14-13-15-17-22-26-30-35-40-45-50-57(5)7-2/h56-58H,6-55H2,1-5H3/t57?,58-/m1/s1. The van der Waals surface area contributed by atoms with Crippen molar-refractivity contribution in [1.82, 2.24) is 0 Å². The van der Waals surface area contributed by atoms with Gasteiger partial charge in [0.1, 0.15) is 13.2 Å². The van der Waals surface area contributed by atoms with Crippen LogP contribution in [0.3, 0.4) is 0 Å². The Hall–Kier alpha value is -1.59. The van der Waals surface area contributed by atoms with E-state index >= 15 is 0 Å². The van der Waals surface area contributed by atoms with Gasteiger partial charge in [0.15, 0.2) is 6.10 Å². The topological polar surface area (TPSA) is 78.9 Å². The van der Waals surface area contributed by atoms with Crippen molar-refractivity contribution in [2.24, 2.45) is 11.8 Å². The highest BCUT2D eigenvalue weighted by molar-refractivity contribution is 5.71. The van der Waals surface area contributed by atoms with Crippen LogP contribution >= 0.6 is 0 Å². The van der Waals surface area contributed by atoms with Crippen molar-refractivity contribution in [2.75, 3.05) is 13.2 Å². The van der Waals surface area contributed by atoms with Crippen LogP contribution in [0.4, 0.5) is 0 Å². The molecule has 0 aliphatic rings. The summed E-state index contributed by atoms with van der Waals surface area (Å²) in [5.74, 6) is 0.915. The second-order valence-electron chi connectivity index (χ2n) is 21.7. The van der Waals surface area contributed by atoms with E-state index in [1.54, 1.807) is 0 Å². The van der Waals surface area contributed by atoms with Gasteiger partial charge >= 0.3 is 17.9 Å². The number of esters is 3. The third-order valence-corrected chi connectivity index (χ3v) is 14.3. The molecule has 0 aliphatic carbocycles. The molecule has 0 saturated heterocycles. The molecule has 67 heavy (non-hydrogen) atoms. The zero-order chi connectivity index (χ0) is 48.9. The second kappa shape index (κ2) is 53.8. The maximum atomic E-state index is 12.9. The first-order valence-corrected chi connectivity index (χ1v) is 30.3. The molecule has 2 atom stereocenters. The number of ether oxygens (including phenoxy) is 3. The summed E-state index contributed by atoms with van der Waals surface area (Å²) in [7, 11) is 0. The molecule has 0 aromatic carbocycles. The molecule has 0 spiro atoms. The number of carbonyl (C=O) groups is 3. The third kappa shape index (κ3) is 53.6. The predicted molar refractivity (Wildman–Crippen MR) is 289 cm³/mol. The molecule has 0 heterocycles. The predicted octanol–water partition coefficient (Wildman–Crippen LogP) is 20.0. The minimum absolute atomic E-state index is 0.0624. The van der Waals surface area contributed by atoms with E-state index in [4.69, 9.17) is 14.2 Å². The summed E-state index contributed by atoms with van der Waals surface area (Å²) < 4.78 is 16.9. The zero-order valence-electron chi connectivity index (χ0n) is 46.0. The van der Waals surface area contributed by atoms with Gasteiger partial charge in [0.05, 0.1) is 0 Å². The van der Waals surface area contributed by atoms with Gasteiger partial charge in [-0.15, -0.1) is 0 Å². The van der Waals surface area contributed by atoms with Gasteiger partial charge in [0.2, 0.25) is 0 Å². The second-order valence-corrected chi connectivity index (χ2v) is 21.7. The Morgan fingerprint density at radius 1 is 0.313 bits per heavy atom. The maximum Gasteiger partial charge on any atom is 0.306 e. The highest BCUT2D eigenvalue weighted by atomic mass is 16.6. The van der Waals surface area contributed by atoms with Crippen molar-refractivity contribution >= 4 is 17.9 Å². The third-order valence-electron chi connectivity index (χ3n) is 14.3. The largest absolute Gasteiger partial charge is 0.462 e. The van der Waals surface area contributed by atoms with Crippen LogP contribution in [0.1, 0.15) is 343 Å². The van der Waals surface area contributed by atoms with Crippen molar-refractivity contribution in [3.8, 4) is 0 Å². The summed E-state index contributed by atoms with van der Waals surface area (Å²) >= 11 is 0. The maximum absolute atomic E-state index is 12.9. The number of hydrogen-bond donors (Lipinski definition) is 0. The van der Waals surface area contributed by atoms with Crippen LogP contribution in [-0.4, -0.2) is 37.2 Å². The molecular formula is C61H118O6. The number of carbonyl (C=O) groups excluding carboxylic acids is 3. The average molecular weight is 948 g/mol. The number of hydrogen-bond acceptors (Lipinski definition) is 6. The van der Waals surface area contributed by atoms with Crippen molar-refractivity contribution < 1.29 is 28.6 Å². The lowest BCUT2D eigenvalue weighted by Gasteiger charge is -2.18. The van der Waals surface area contributed by atoms with Gasteiger partial charge in [-0.25, -0.2) is 0 Å². The number of rotatable bonds is 55. The average Bonchev–Trinajstić information content (AvgIpc) is 3.31. The SMILES string of the molecule is CCCCCCCCCCCCC(=O)OC[C@H](COC(=O)CCCCCCCCCCCCCCCCCCCCC(C)CC)OC(=O)CCCCCCCCCCCCCCCCC(C)C. The van der Waals surface area contributed by atoms with E-state index in [1.807, 2.05) is 0 Å². The molecule has 0 fully saturated rings. The van der Waals surface area contributed by atoms with Gasteiger partial charge in [-0.3, -0.25) is 14.4 Å². The van der Waals surface area contributed by atoms with E-state index < -0.39 is 6.10 Å². The number of unbranched alkanes of at least 4 members (excludes halogenated alkanes) is 39. The molecule has 0 aliphatic heterocycles. The van der Waals surface area contributed by atoms with E-state index in [-0.39, 0.29) is 31.1 Å². The Labute approximate surface area is 418 Å². The van der Waals surface area contributed by atoms with Gasteiger partial charge in [0.25, 0.3) is 0 Å². The molecule has 0 saturated carbocycles. The highest BCUT2D eigenvalue weighted by Gasteiger charge is 2.19. The molecular weight excluding hydrogens is 829 g/mol. The molecule has 398 valence electrons. The molecule has 0 rings (SSSR count). The van der Waals surface area contributed by atoms with Gasteiger partial charge in [-0.2, -0.15) is 0 Å². The van der Waals surface area contributed by atoms with Crippen LogP contribution in [0, 0.1) is 11.8 Å². The smallest absolute Gasteiger partial charge is 0.306 e. The molecule has 6 heteroatoms. The Morgan fingerprint density at radius 2 is 0.567 bits per heavy atom. The highest BCUT2D eigenvalue weighted by Crippen LogP contribution is 2.19. The van der Waals surface area contributed by atoms with Crippen molar-refractivity contribution in [2.45, 2.75) is 349 Å². The Balaban J connectivity index is 4.19. The lowest BCUT2D eigenvalue weighted by Crippen LogP contribution is -2.30. The summed E-state index contributed by atoms with van der Waals surface area (Å²) in [6, 6.07) is 0. The fourth-order valence-corrected chi connectivity index (χ4v) is 9.37. The van der Waals surface area contributed by atoms with Crippen LogP contribution in [-0.2, 0) is 28.6 Å². The fourth-order valence-electron chi connectivity index (χ4n) is 9.37. The van der Waals surface area contributed by atoms with Crippen LogP contribution in [0.5, 0.6) is 0 Å². The Bertz CT molecular complexity index is 1030. The molecule has 1 unspecified atom stereocenters. The first-order chi connectivity index (χ1) is 32.8. The van der Waals surface area contributed by atoms with Gasteiger partial charge in [-0.1, -0.05) is 304 Å². The Kier molecular flexibility index (Phi) is 52.5. The first-order valence-electron chi connectivity index (χ1n) is 30.3. The van der Waals surface area contributed by atoms with Gasteiger partial charge in [-0.05, 0) is 31.1 Å². The van der Waals surface area contributed by atoms with E-state index in [1.165, 1.54) is 231 Å². The summed E-state index contributed by atoms with van der Waals surface area (Å²) in [6.07, 6.45) is 58.1. The summed E-state index contributed by atoms with van der Waals surface area (Å²) in [4.78, 5) is 38.1. The summed E-state index contributed by atoms with van der Waals surface area (Å²) in [6.45, 7) is 11.5. The molecule has 6 nitrogen and oxygen atoms in total. The lowest BCUT2D eigenvalue weighted by molar-refractivity contribution is -0.167. The van der Waals surface area contributed by atoms with Crippen LogP contribution in [0.2, 0.25) is 0 Å². The minimum Gasteiger partial charge on any atom is -0.462 e. The fraction of sp³-hybridized carbons (Fsp3) is 0.951. The van der Waals surface area contributed by atoms with Crippen molar-refractivity contribution in [3.05, 3.63) is 0 Å². The molecule has 0 amide bonds. The summed E-state index contributed by atoms with van der Waals surface area (Å²) in [5, 5.41) is 0. The molecule has 0 aromatic rings. The van der Waals surface area contributed by atoms with Crippen LogP contribution < -0.4 is 0 Å². The van der Waals surface area contributed by atoms with Crippen molar-refractivity contribution in [1.29, 1.82) is 0 Å².